The van der Waals surface area contributed by atoms with Crippen LogP contribution in [0.3, 0.4) is 0 Å². The first kappa shape index (κ1) is 17.0. The first-order valence-corrected chi connectivity index (χ1v) is 7.46. The van der Waals surface area contributed by atoms with Crippen molar-refractivity contribution in [3.05, 3.63) is 21.6 Å². The maximum Gasteiger partial charge on any atom is 0.287 e. The Kier molecular flexibility index (Phi) is 7.02. The van der Waals surface area contributed by atoms with Crippen molar-refractivity contribution in [2.45, 2.75) is 52.6 Å². The SMILES string of the molecule is CC(C)CCCC(C)Nc1cnn(CCO)c(=O)c1Cl. The van der Waals surface area contributed by atoms with Crippen molar-refractivity contribution in [2.24, 2.45) is 5.92 Å². The van der Waals surface area contributed by atoms with Crippen molar-refractivity contribution in [3.63, 3.8) is 0 Å². The smallest absolute Gasteiger partial charge is 0.287 e. The van der Waals surface area contributed by atoms with Gasteiger partial charge in [-0.15, -0.1) is 0 Å². The molecule has 0 aromatic carbocycles. The molecule has 0 aliphatic carbocycles. The molecule has 0 aliphatic rings. The summed E-state index contributed by atoms with van der Waals surface area (Å²) in [7, 11) is 0. The van der Waals surface area contributed by atoms with Crippen LogP contribution in [-0.4, -0.2) is 27.5 Å². The minimum absolute atomic E-state index is 0.129. The van der Waals surface area contributed by atoms with Gasteiger partial charge in [-0.05, 0) is 19.3 Å². The van der Waals surface area contributed by atoms with Gasteiger partial charge >= 0.3 is 0 Å². The minimum atomic E-state index is -0.375. The largest absolute Gasteiger partial charge is 0.394 e. The molecule has 6 heteroatoms. The molecule has 1 unspecified atom stereocenters. The molecule has 0 saturated heterocycles. The Balaban J connectivity index is 2.64. The van der Waals surface area contributed by atoms with E-state index in [0.717, 1.165) is 17.5 Å². The molecule has 1 heterocycles. The topological polar surface area (TPSA) is 67.2 Å². The van der Waals surface area contributed by atoms with E-state index in [9.17, 15) is 4.79 Å². The number of nitrogens with zero attached hydrogens (tertiary/aromatic N) is 2. The summed E-state index contributed by atoms with van der Waals surface area (Å²) in [5.41, 5.74) is 0.183. The van der Waals surface area contributed by atoms with Gasteiger partial charge in [0.05, 0.1) is 25.0 Å². The predicted octanol–water partition coefficient (Wildman–Crippen LogP) is 2.52. The molecule has 0 saturated carbocycles. The van der Waals surface area contributed by atoms with Crippen LogP contribution in [0.15, 0.2) is 11.0 Å². The van der Waals surface area contributed by atoms with E-state index >= 15 is 0 Å². The van der Waals surface area contributed by atoms with Crippen molar-refractivity contribution in [1.29, 1.82) is 0 Å². The maximum atomic E-state index is 11.9. The number of rotatable bonds is 8. The number of aliphatic hydroxyl groups is 1. The van der Waals surface area contributed by atoms with Gasteiger partial charge < -0.3 is 10.4 Å². The monoisotopic (exact) mass is 301 g/mol. The molecule has 0 spiro atoms. The lowest BCUT2D eigenvalue weighted by Crippen LogP contribution is -2.27. The Morgan fingerprint density at radius 2 is 2.10 bits per heavy atom. The summed E-state index contributed by atoms with van der Waals surface area (Å²) < 4.78 is 1.16. The Hall–Kier alpha value is -1.07. The molecule has 114 valence electrons. The molecule has 0 radical (unpaired) electrons. The van der Waals surface area contributed by atoms with Crippen LogP contribution in [0.2, 0.25) is 5.02 Å². The fourth-order valence-corrected chi connectivity index (χ4v) is 2.19. The van der Waals surface area contributed by atoms with Crippen LogP contribution < -0.4 is 10.9 Å². The summed E-state index contributed by atoms with van der Waals surface area (Å²) in [6.45, 7) is 6.50. The average Bonchev–Trinajstić information content (AvgIpc) is 2.38. The normalized spacial score (nSPS) is 12.7. The fourth-order valence-electron chi connectivity index (χ4n) is 1.99. The number of aliphatic hydroxyl groups excluding tert-OH is 1. The Morgan fingerprint density at radius 3 is 2.70 bits per heavy atom. The molecule has 1 rings (SSSR count). The van der Waals surface area contributed by atoms with E-state index in [1.54, 1.807) is 6.20 Å². The van der Waals surface area contributed by atoms with E-state index in [1.807, 2.05) is 0 Å². The van der Waals surface area contributed by atoms with Gasteiger partial charge in [-0.2, -0.15) is 5.10 Å². The van der Waals surface area contributed by atoms with Crippen LogP contribution in [0.1, 0.15) is 40.0 Å². The van der Waals surface area contributed by atoms with Crippen molar-refractivity contribution in [3.8, 4) is 0 Å². The molecule has 20 heavy (non-hydrogen) atoms. The van der Waals surface area contributed by atoms with Crippen LogP contribution in [-0.2, 0) is 6.54 Å². The number of hydrogen-bond donors (Lipinski definition) is 2. The number of hydrogen-bond acceptors (Lipinski definition) is 4. The molecular formula is C14H24ClN3O2. The molecule has 0 fully saturated rings. The third-order valence-electron chi connectivity index (χ3n) is 3.12. The highest BCUT2D eigenvalue weighted by Crippen LogP contribution is 2.18. The van der Waals surface area contributed by atoms with E-state index in [2.05, 4.69) is 31.2 Å². The molecule has 0 bridgehead atoms. The summed E-state index contributed by atoms with van der Waals surface area (Å²) >= 11 is 6.05. The zero-order chi connectivity index (χ0) is 15.1. The first-order chi connectivity index (χ1) is 9.45. The zero-order valence-electron chi connectivity index (χ0n) is 12.4. The lowest BCUT2D eigenvalue weighted by atomic mass is 10.0. The Bertz CT molecular complexity index is 474. The van der Waals surface area contributed by atoms with Gasteiger partial charge in [-0.25, -0.2) is 4.68 Å². The van der Waals surface area contributed by atoms with Gasteiger partial charge in [0, 0.05) is 6.04 Å². The standard InChI is InChI=1S/C14H24ClN3O2/c1-10(2)5-4-6-11(3)17-12-9-16-18(7-8-19)14(20)13(12)15/h9-11,17,19H,4-8H2,1-3H3. The second-order valence-corrected chi connectivity index (χ2v) is 5.87. The number of aromatic nitrogens is 2. The van der Waals surface area contributed by atoms with Crippen LogP contribution in [0.4, 0.5) is 5.69 Å². The number of nitrogens with one attached hydrogen (secondary N) is 1. The lowest BCUT2D eigenvalue weighted by molar-refractivity contribution is 0.266. The number of halogens is 1. The van der Waals surface area contributed by atoms with E-state index in [-0.39, 0.29) is 29.8 Å². The van der Waals surface area contributed by atoms with Gasteiger partial charge in [0.15, 0.2) is 0 Å². The molecule has 0 amide bonds. The molecular weight excluding hydrogens is 278 g/mol. The summed E-state index contributed by atoms with van der Waals surface area (Å²) in [5, 5.41) is 16.2. The van der Waals surface area contributed by atoms with E-state index in [0.29, 0.717) is 11.6 Å². The van der Waals surface area contributed by atoms with Crippen molar-refractivity contribution in [1.82, 2.24) is 9.78 Å². The van der Waals surface area contributed by atoms with Crippen LogP contribution in [0, 0.1) is 5.92 Å². The van der Waals surface area contributed by atoms with Gasteiger partial charge in [-0.1, -0.05) is 38.3 Å². The first-order valence-electron chi connectivity index (χ1n) is 7.08. The van der Waals surface area contributed by atoms with Gasteiger partial charge in [0.25, 0.3) is 5.56 Å². The second kappa shape index (κ2) is 8.27. The van der Waals surface area contributed by atoms with Crippen LogP contribution >= 0.6 is 11.6 Å². The summed E-state index contributed by atoms with van der Waals surface area (Å²) in [5.74, 6) is 0.704. The molecule has 1 aromatic rings. The number of anilines is 1. The highest BCUT2D eigenvalue weighted by molar-refractivity contribution is 6.32. The van der Waals surface area contributed by atoms with Crippen molar-refractivity contribution >= 4 is 17.3 Å². The highest BCUT2D eigenvalue weighted by atomic mass is 35.5. The quantitative estimate of drug-likeness (QED) is 0.774. The minimum Gasteiger partial charge on any atom is -0.394 e. The molecule has 0 aliphatic heterocycles. The summed E-state index contributed by atoms with van der Waals surface area (Å²) in [6, 6.07) is 0.237. The van der Waals surface area contributed by atoms with E-state index in [1.165, 1.54) is 6.42 Å². The van der Waals surface area contributed by atoms with Gasteiger partial charge in [0.2, 0.25) is 0 Å². The average molecular weight is 302 g/mol. The zero-order valence-corrected chi connectivity index (χ0v) is 13.2. The molecule has 2 N–H and O–H groups in total. The van der Waals surface area contributed by atoms with Crippen molar-refractivity contribution < 1.29 is 5.11 Å². The van der Waals surface area contributed by atoms with Gasteiger partial charge in [-0.3, -0.25) is 4.79 Å². The van der Waals surface area contributed by atoms with E-state index in [4.69, 9.17) is 16.7 Å². The van der Waals surface area contributed by atoms with Crippen molar-refractivity contribution in [2.75, 3.05) is 11.9 Å². The second-order valence-electron chi connectivity index (χ2n) is 5.49. The maximum absolute atomic E-state index is 11.9. The summed E-state index contributed by atoms with van der Waals surface area (Å²) in [6.07, 6.45) is 4.89. The fraction of sp³-hybridized carbons (Fsp3) is 0.714. The molecule has 5 nitrogen and oxygen atoms in total. The Morgan fingerprint density at radius 1 is 1.40 bits per heavy atom. The third-order valence-corrected chi connectivity index (χ3v) is 3.48. The molecule has 1 aromatic heterocycles. The van der Waals surface area contributed by atoms with Crippen LogP contribution in [0.5, 0.6) is 0 Å². The van der Waals surface area contributed by atoms with Crippen LogP contribution in [0.25, 0.3) is 0 Å². The highest BCUT2D eigenvalue weighted by Gasteiger charge is 2.11. The molecule has 1 atom stereocenters. The van der Waals surface area contributed by atoms with Gasteiger partial charge in [0.1, 0.15) is 5.02 Å². The lowest BCUT2D eigenvalue weighted by Gasteiger charge is -2.16. The summed E-state index contributed by atoms with van der Waals surface area (Å²) in [4.78, 5) is 11.9. The van der Waals surface area contributed by atoms with E-state index < -0.39 is 0 Å². The third kappa shape index (κ3) is 5.13. The predicted molar refractivity (Wildman–Crippen MR) is 82.4 cm³/mol. The Labute approximate surface area is 125 Å².